The maximum absolute atomic E-state index is 12.5. The number of hydrogen-bond acceptors (Lipinski definition) is 3. The monoisotopic (exact) mass is 375 g/mol. The molecule has 1 aliphatic rings. The summed E-state index contributed by atoms with van der Waals surface area (Å²) >= 11 is 0. The van der Waals surface area contributed by atoms with E-state index in [0.717, 1.165) is 23.0 Å². The van der Waals surface area contributed by atoms with E-state index in [9.17, 15) is 9.59 Å². The second-order valence-electron chi connectivity index (χ2n) is 7.44. The van der Waals surface area contributed by atoms with Crippen molar-refractivity contribution < 1.29 is 4.79 Å². The minimum Gasteiger partial charge on any atom is -0.348 e. The first kappa shape index (κ1) is 18.4. The first-order valence-corrected chi connectivity index (χ1v) is 9.89. The van der Waals surface area contributed by atoms with Crippen LogP contribution in [-0.4, -0.2) is 28.9 Å². The molecular weight excluding hydrogens is 350 g/mol. The highest BCUT2D eigenvalue weighted by molar-refractivity contribution is 5.97. The van der Waals surface area contributed by atoms with Gasteiger partial charge in [-0.2, -0.15) is 0 Å². The molecule has 2 heterocycles. The zero-order valence-corrected chi connectivity index (χ0v) is 15.9. The molecule has 2 aromatic carbocycles. The number of piperidine rings is 1. The average Bonchev–Trinajstić information content (AvgIpc) is 2.73. The molecule has 1 saturated heterocycles. The van der Waals surface area contributed by atoms with E-state index in [0.29, 0.717) is 6.54 Å². The van der Waals surface area contributed by atoms with Crippen molar-refractivity contribution in [3.05, 3.63) is 81.6 Å². The lowest BCUT2D eigenvalue weighted by atomic mass is 10.1. The first-order valence-electron chi connectivity index (χ1n) is 9.89. The van der Waals surface area contributed by atoms with Gasteiger partial charge in [0.1, 0.15) is 5.56 Å². The van der Waals surface area contributed by atoms with E-state index in [2.05, 4.69) is 27.3 Å². The van der Waals surface area contributed by atoms with Gasteiger partial charge in [0, 0.05) is 18.6 Å². The Morgan fingerprint density at radius 2 is 1.68 bits per heavy atom. The molecule has 144 valence electrons. The van der Waals surface area contributed by atoms with E-state index in [4.69, 9.17) is 0 Å². The molecule has 0 aliphatic carbocycles. The Labute approximate surface area is 164 Å². The molecule has 1 aromatic heterocycles. The van der Waals surface area contributed by atoms with Gasteiger partial charge in [-0.25, -0.2) is 0 Å². The fourth-order valence-electron chi connectivity index (χ4n) is 3.73. The summed E-state index contributed by atoms with van der Waals surface area (Å²) in [4.78, 5) is 29.9. The Kier molecular flexibility index (Phi) is 5.53. The quantitative estimate of drug-likeness (QED) is 0.718. The molecule has 4 rings (SSSR count). The summed E-state index contributed by atoms with van der Waals surface area (Å²) in [5.74, 6) is -0.357. The van der Waals surface area contributed by atoms with Gasteiger partial charge < -0.3 is 10.3 Å². The number of carbonyl (C=O) groups excluding carboxylic acids is 1. The van der Waals surface area contributed by atoms with E-state index in [-0.39, 0.29) is 17.0 Å². The highest BCUT2D eigenvalue weighted by Crippen LogP contribution is 2.14. The van der Waals surface area contributed by atoms with Crippen LogP contribution in [0.5, 0.6) is 0 Å². The number of amides is 1. The number of pyridine rings is 1. The van der Waals surface area contributed by atoms with E-state index in [1.54, 1.807) is 6.07 Å². The Morgan fingerprint density at radius 3 is 2.46 bits per heavy atom. The van der Waals surface area contributed by atoms with Crippen LogP contribution >= 0.6 is 0 Å². The highest BCUT2D eigenvalue weighted by Gasteiger charge is 2.12. The number of benzene rings is 2. The van der Waals surface area contributed by atoms with Crippen LogP contribution in [0.3, 0.4) is 0 Å². The van der Waals surface area contributed by atoms with Crippen molar-refractivity contribution in [2.24, 2.45) is 0 Å². The summed E-state index contributed by atoms with van der Waals surface area (Å²) in [5, 5.41) is 3.69. The van der Waals surface area contributed by atoms with Gasteiger partial charge >= 0.3 is 0 Å². The third-order valence-electron chi connectivity index (χ3n) is 5.33. The number of H-pyrrole nitrogens is 1. The maximum atomic E-state index is 12.5. The Balaban J connectivity index is 1.38. The van der Waals surface area contributed by atoms with Gasteiger partial charge in [-0.1, -0.05) is 48.9 Å². The number of aromatic amines is 1. The number of hydrogen-bond donors (Lipinski definition) is 2. The van der Waals surface area contributed by atoms with Crippen molar-refractivity contribution in [2.45, 2.75) is 32.4 Å². The molecule has 28 heavy (non-hydrogen) atoms. The minimum atomic E-state index is -0.368. The van der Waals surface area contributed by atoms with Crippen LogP contribution in [0.4, 0.5) is 0 Å². The molecule has 0 spiro atoms. The Bertz CT molecular complexity index is 1020. The zero-order valence-electron chi connectivity index (χ0n) is 15.9. The third-order valence-corrected chi connectivity index (χ3v) is 5.33. The van der Waals surface area contributed by atoms with Gasteiger partial charge in [0.15, 0.2) is 0 Å². The normalized spacial score (nSPS) is 14.9. The molecule has 0 radical (unpaired) electrons. The molecule has 5 nitrogen and oxygen atoms in total. The summed E-state index contributed by atoms with van der Waals surface area (Å²) in [6, 6.07) is 17.4. The lowest BCUT2D eigenvalue weighted by Crippen LogP contribution is -2.29. The molecule has 1 amide bonds. The van der Waals surface area contributed by atoms with E-state index in [1.165, 1.54) is 37.9 Å². The van der Waals surface area contributed by atoms with E-state index >= 15 is 0 Å². The molecule has 5 heteroatoms. The Morgan fingerprint density at radius 1 is 0.964 bits per heavy atom. The van der Waals surface area contributed by atoms with Crippen LogP contribution in [0.15, 0.2) is 59.4 Å². The number of likely N-dealkylation sites (tertiary alicyclic amines) is 1. The minimum absolute atomic E-state index is 0.139. The summed E-state index contributed by atoms with van der Waals surface area (Å²) in [5.41, 5.74) is 2.82. The molecule has 3 aromatic rings. The molecule has 1 fully saturated rings. The molecule has 0 atom stereocenters. The second kappa shape index (κ2) is 8.40. The summed E-state index contributed by atoms with van der Waals surface area (Å²) in [7, 11) is 0. The lowest BCUT2D eigenvalue weighted by molar-refractivity contribution is 0.0949. The van der Waals surface area contributed by atoms with E-state index < -0.39 is 0 Å². The lowest BCUT2D eigenvalue weighted by Gasteiger charge is -2.26. The fourth-order valence-corrected chi connectivity index (χ4v) is 3.73. The van der Waals surface area contributed by atoms with Crippen LogP contribution in [0.2, 0.25) is 0 Å². The van der Waals surface area contributed by atoms with E-state index in [1.807, 2.05) is 36.4 Å². The predicted molar refractivity (Wildman–Crippen MR) is 111 cm³/mol. The van der Waals surface area contributed by atoms with Gasteiger partial charge in [0.25, 0.3) is 11.5 Å². The van der Waals surface area contributed by atoms with Gasteiger partial charge in [-0.05, 0) is 54.6 Å². The summed E-state index contributed by atoms with van der Waals surface area (Å²) in [6.07, 6.45) is 3.92. The SMILES string of the molecule is O=C(NCc1ccc(CN2CCCCC2)cc1)c1cc2ccccc2[nH]c1=O. The highest BCUT2D eigenvalue weighted by atomic mass is 16.2. The zero-order chi connectivity index (χ0) is 19.3. The van der Waals surface area contributed by atoms with Crippen molar-refractivity contribution in [1.29, 1.82) is 0 Å². The first-order chi connectivity index (χ1) is 13.7. The predicted octanol–water partition coefficient (Wildman–Crippen LogP) is 3.44. The van der Waals surface area contributed by atoms with Crippen LogP contribution < -0.4 is 10.9 Å². The van der Waals surface area contributed by atoms with Crippen molar-refractivity contribution in [3.63, 3.8) is 0 Å². The van der Waals surface area contributed by atoms with Gasteiger partial charge in [0.2, 0.25) is 0 Å². The number of rotatable bonds is 5. The van der Waals surface area contributed by atoms with Gasteiger partial charge in [-0.3, -0.25) is 14.5 Å². The number of carbonyl (C=O) groups is 1. The van der Waals surface area contributed by atoms with Gasteiger partial charge in [-0.15, -0.1) is 0 Å². The van der Waals surface area contributed by atoms with Crippen molar-refractivity contribution in [1.82, 2.24) is 15.2 Å². The van der Waals surface area contributed by atoms with Crippen LogP contribution in [0.1, 0.15) is 40.7 Å². The maximum Gasteiger partial charge on any atom is 0.261 e. The second-order valence-corrected chi connectivity index (χ2v) is 7.44. The molecule has 0 bridgehead atoms. The molecule has 0 unspecified atom stereocenters. The largest absolute Gasteiger partial charge is 0.348 e. The molecule has 0 saturated carbocycles. The Hall–Kier alpha value is -2.92. The van der Waals surface area contributed by atoms with Crippen LogP contribution in [-0.2, 0) is 13.1 Å². The van der Waals surface area contributed by atoms with Crippen molar-refractivity contribution >= 4 is 16.8 Å². The smallest absolute Gasteiger partial charge is 0.261 e. The summed E-state index contributed by atoms with van der Waals surface area (Å²) < 4.78 is 0. The average molecular weight is 375 g/mol. The fraction of sp³-hybridized carbons (Fsp3) is 0.304. The molecular formula is C23H25N3O2. The number of aromatic nitrogens is 1. The number of nitrogens with one attached hydrogen (secondary N) is 2. The number of nitrogens with zero attached hydrogens (tertiary/aromatic N) is 1. The van der Waals surface area contributed by atoms with Crippen LogP contribution in [0.25, 0.3) is 10.9 Å². The number of para-hydroxylation sites is 1. The number of fused-ring (bicyclic) bond motifs is 1. The van der Waals surface area contributed by atoms with Crippen LogP contribution in [0, 0.1) is 0 Å². The molecule has 2 N–H and O–H groups in total. The van der Waals surface area contributed by atoms with Crippen molar-refractivity contribution in [3.8, 4) is 0 Å². The third kappa shape index (κ3) is 4.31. The van der Waals surface area contributed by atoms with Crippen molar-refractivity contribution in [2.75, 3.05) is 13.1 Å². The standard InChI is InChI=1S/C23H25N3O2/c27-22(20-14-19-6-2-3-7-21(19)25-23(20)28)24-15-17-8-10-18(11-9-17)16-26-12-4-1-5-13-26/h2-3,6-11,14H,1,4-5,12-13,15-16H2,(H,24,27)(H,25,28). The molecule has 1 aliphatic heterocycles. The van der Waals surface area contributed by atoms with Gasteiger partial charge in [0.05, 0.1) is 0 Å². The topological polar surface area (TPSA) is 65.2 Å². The summed E-state index contributed by atoms with van der Waals surface area (Å²) in [6.45, 7) is 3.74.